The van der Waals surface area contributed by atoms with Gasteiger partial charge >= 0.3 is 0 Å². The van der Waals surface area contributed by atoms with Gasteiger partial charge in [0.05, 0.1) is 16.3 Å². The van der Waals surface area contributed by atoms with Crippen LogP contribution in [-0.4, -0.2) is 5.91 Å². The Morgan fingerprint density at radius 2 is 1.77 bits per heavy atom. The van der Waals surface area contributed by atoms with Crippen molar-refractivity contribution in [3.63, 3.8) is 0 Å². The van der Waals surface area contributed by atoms with Crippen LogP contribution >= 0.6 is 43.5 Å². The van der Waals surface area contributed by atoms with E-state index in [-0.39, 0.29) is 5.91 Å². The third-order valence-electron chi connectivity index (χ3n) is 3.28. The van der Waals surface area contributed by atoms with Gasteiger partial charge in [0, 0.05) is 8.95 Å². The highest BCUT2D eigenvalue weighted by atomic mass is 79.9. The maximum Gasteiger partial charge on any atom is 0.257 e. The van der Waals surface area contributed by atoms with E-state index >= 15 is 0 Å². The topological polar surface area (TPSA) is 29.1 Å². The Kier molecular flexibility index (Phi) is 4.52. The summed E-state index contributed by atoms with van der Waals surface area (Å²) in [5, 5.41) is 5.43. The molecule has 1 amide bonds. The van der Waals surface area contributed by atoms with Crippen molar-refractivity contribution in [3.05, 3.63) is 74.1 Å². The van der Waals surface area contributed by atoms with Crippen LogP contribution in [0.1, 0.15) is 10.4 Å². The Bertz CT molecular complexity index is 880. The standard InChI is InChI=1S/C17H10Br2ClNO/c18-11-6-7-12-10(9-11)5-8-15(16(12)19)21-17(22)13-3-1-2-4-14(13)20/h1-9H,(H,21,22). The molecular formula is C17H10Br2ClNO. The van der Waals surface area contributed by atoms with Crippen LogP contribution < -0.4 is 5.32 Å². The number of benzene rings is 3. The quantitative estimate of drug-likeness (QED) is 0.501. The smallest absolute Gasteiger partial charge is 0.257 e. The van der Waals surface area contributed by atoms with Crippen LogP contribution in [0.5, 0.6) is 0 Å². The molecule has 0 aliphatic heterocycles. The molecule has 0 atom stereocenters. The van der Waals surface area contributed by atoms with Crippen molar-refractivity contribution < 1.29 is 4.79 Å². The van der Waals surface area contributed by atoms with Crippen molar-refractivity contribution in [2.75, 3.05) is 5.32 Å². The van der Waals surface area contributed by atoms with Crippen LogP contribution in [0.3, 0.4) is 0 Å². The fraction of sp³-hybridized carbons (Fsp3) is 0. The summed E-state index contributed by atoms with van der Waals surface area (Å²) in [4.78, 5) is 12.4. The summed E-state index contributed by atoms with van der Waals surface area (Å²) < 4.78 is 1.86. The Morgan fingerprint density at radius 1 is 1.00 bits per heavy atom. The number of anilines is 1. The molecule has 22 heavy (non-hydrogen) atoms. The molecule has 3 aromatic carbocycles. The van der Waals surface area contributed by atoms with Gasteiger partial charge in [-0.3, -0.25) is 4.79 Å². The average molecular weight is 440 g/mol. The predicted molar refractivity (Wildman–Crippen MR) is 98.8 cm³/mol. The van der Waals surface area contributed by atoms with E-state index in [9.17, 15) is 4.79 Å². The molecule has 3 aromatic rings. The molecule has 0 saturated heterocycles. The number of hydrogen-bond acceptors (Lipinski definition) is 1. The lowest BCUT2D eigenvalue weighted by molar-refractivity contribution is 0.102. The van der Waals surface area contributed by atoms with Crippen molar-refractivity contribution in [1.29, 1.82) is 0 Å². The van der Waals surface area contributed by atoms with Crippen LogP contribution in [0.15, 0.2) is 63.5 Å². The fourth-order valence-corrected chi connectivity index (χ4v) is 3.39. The second kappa shape index (κ2) is 6.41. The zero-order chi connectivity index (χ0) is 15.7. The summed E-state index contributed by atoms with van der Waals surface area (Å²) in [5.41, 5.74) is 1.16. The van der Waals surface area contributed by atoms with Crippen molar-refractivity contribution in [2.45, 2.75) is 0 Å². The van der Waals surface area contributed by atoms with E-state index in [1.807, 2.05) is 30.3 Å². The van der Waals surface area contributed by atoms with Crippen LogP contribution in [0, 0.1) is 0 Å². The summed E-state index contributed by atoms with van der Waals surface area (Å²) >= 11 is 13.1. The first-order chi connectivity index (χ1) is 10.6. The summed E-state index contributed by atoms with van der Waals surface area (Å²) in [6, 6.07) is 16.8. The first-order valence-electron chi connectivity index (χ1n) is 6.50. The van der Waals surface area contributed by atoms with Gasteiger partial charge in [0.1, 0.15) is 0 Å². The van der Waals surface area contributed by atoms with E-state index in [1.54, 1.807) is 24.3 Å². The van der Waals surface area contributed by atoms with Gasteiger partial charge in [0.2, 0.25) is 0 Å². The minimum absolute atomic E-state index is 0.234. The molecule has 0 saturated carbocycles. The molecule has 0 fully saturated rings. The molecule has 2 nitrogen and oxygen atoms in total. The first-order valence-corrected chi connectivity index (χ1v) is 8.46. The zero-order valence-corrected chi connectivity index (χ0v) is 15.2. The van der Waals surface area contributed by atoms with E-state index in [0.29, 0.717) is 16.3 Å². The maximum absolute atomic E-state index is 12.4. The molecule has 0 bridgehead atoms. The molecule has 0 aliphatic rings. The number of hydrogen-bond donors (Lipinski definition) is 1. The largest absolute Gasteiger partial charge is 0.321 e. The van der Waals surface area contributed by atoms with Crippen molar-refractivity contribution in [3.8, 4) is 0 Å². The molecule has 1 N–H and O–H groups in total. The Labute approximate surface area is 149 Å². The van der Waals surface area contributed by atoms with Crippen molar-refractivity contribution in [2.24, 2.45) is 0 Å². The van der Waals surface area contributed by atoms with E-state index in [4.69, 9.17) is 11.6 Å². The van der Waals surface area contributed by atoms with Crippen molar-refractivity contribution in [1.82, 2.24) is 0 Å². The van der Waals surface area contributed by atoms with Crippen LogP contribution in [0.25, 0.3) is 10.8 Å². The molecule has 110 valence electrons. The lowest BCUT2D eigenvalue weighted by Gasteiger charge is -2.11. The number of fused-ring (bicyclic) bond motifs is 1. The fourth-order valence-electron chi connectivity index (χ4n) is 2.19. The summed E-state index contributed by atoms with van der Waals surface area (Å²) in [6.07, 6.45) is 0. The predicted octanol–water partition coefficient (Wildman–Crippen LogP) is 6.27. The molecule has 0 heterocycles. The van der Waals surface area contributed by atoms with E-state index in [2.05, 4.69) is 37.2 Å². The molecular weight excluding hydrogens is 429 g/mol. The van der Waals surface area contributed by atoms with Gasteiger partial charge in [-0.15, -0.1) is 0 Å². The lowest BCUT2D eigenvalue weighted by Crippen LogP contribution is -2.12. The molecule has 0 spiro atoms. The minimum Gasteiger partial charge on any atom is -0.321 e. The lowest BCUT2D eigenvalue weighted by atomic mass is 10.1. The van der Waals surface area contributed by atoms with Gasteiger partial charge in [0.15, 0.2) is 0 Å². The van der Waals surface area contributed by atoms with E-state index in [0.717, 1.165) is 19.7 Å². The molecule has 0 radical (unpaired) electrons. The SMILES string of the molecule is O=C(Nc1ccc2cc(Br)ccc2c1Br)c1ccccc1Cl. The molecule has 0 aromatic heterocycles. The summed E-state index contributed by atoms with van der Waals surface area (Å²) in [7, 11) is 0. The van der Waals surface area contributed by atoms with Gasteiger partial charge in [-0.05, 0) is 57.0 Å². The molecule has 0 aliphatic carbocycles. The molecule has 5 heteroatoms. The number of nitrogens with one attached hydrogen (secondary N) is 1. The number of halogens is 3. The van der Waals surface area contributed by atoms with Crippen LogP contribution in [0.4, 0.5) is 5.69 Å². The van der Waals surface area contributed by atoms with Gasteiger partial charge in [-0.2, -0.15) is 0 Å². The number of amides is 1. The minimum atomic E-state index is -0.234. The van der Waals surface area contributed by atoms with Gasteiger partial charge in [-0.1, -0.05) is 51.8 Å². The molecule has 3 rings (SSSR count). The van der Waals surface area contributed by atoms with Crippen LogP contribution in [0.2, 0.25) is 5.02 Å². The Hall–Kier alpha value is -1.36. The third-order valence-corrected chi connectivity index (χ3v) is 4.96. The normalized spacial score (nSPS) is 10.7. The number of carbonyl (C=O) groups is 1. The third kappa shape index (κ3) is 3.05. The number of rotatable bonds is 2. The highest BCUT2D eigenvalue weighted by Crippen LogP contribution is 2.33. The first kappa shape index (κ1) is 15.5. The van der Waals surface area contributed by atoms with Crippen molar-refractivity contribution >= 4 is 65.8 Å². The van der Waals surface area contributed by atoms with Gasteiger partial charge < -0.3 is 5.32 Å². The zero-order valence-electron chi connectivity index (χ0n) is 11.2. The van der Waals surface area contributed by atoms with Gasteiger partial charge in [0.25, 0.3) is 5.91 Å². The maximum atomic E-state index is 12.4. The molecule has 0 unspecified atom stereocenters. The van der Waals surface area contributed by atoms with Crippen LogP contribution in [-0.2, 0) is 0 Å². The van der Waals surface area contributed by atoms with E-state index < -0.39 is 0 Å². The Balaban J connectivity index is 1.98. The average Bonchev–Trinajstić information content (AvgIpc) is 2.50. The summed E-state index contributed by atoms with van der Waals surface area (Å²) in [5.74, 6) is -0.234. The highest BCUT2D eigenvalue weighted by Gasteiger charge is 2.12. The van der Waals surface area contributed by atoms with Gasteiger partial charge in [-0.25, -0.2) is 0 Å². The highest BCUT2D eigenvalue weighted by molar-refractivity contribution is 9.11. The number of carbonyl (C=O) groups excluding carboxylic acids is 1. The monoisotopic (exact) mass is 437 g/mol. The summed E-state index contributed by atoms with van der Waals surface area (Å²) in [6.45, 7) is 0. The van der Waals surface area contributed by atoms with E-state index in [1.165, 1.54) is 0 Å². The Morgan fingerprint density at radius 3 is 2.55 bits per heavy atom. The second-order valence-electron chi connectivity index (χ2n) is 4.73. The second-order valence-corrected chi connectivity index (χ2v) is 6.84.